The van der Waals surface area contributed by atoms with Crippen molar-refractivity contribution in [2.75, 3.05) is 24.4 Å². The molecule has 0 radical (unpaired) electrons. The van der Waals surface area contributed by atoms with E-state index in [0.717, 1.165) is 0 Å². The lowest BCUT2D eigenvalue weighted by molar-refractivity contribution is 0.305. The molecule has 0 heterocycles. The van der Waals surface area contributed by atoms with Gasteiger partial charge in [0.25, 0.3) is 0 Å². The van der Waals surface area contributed by atoms with Crippen LogP contribution in [0.2, 0.25) is 0 Å². The molecular formula is C14H17FO3S2. The van der Waals surface area contributed by atoms with Crippen molar-refractivity contribution in [2.24, 2.45) is 0 Å². The number of sulfone groups is 1. The summed E-state index contributed by atoms with van der Waals surface area (Å²) in [6.07, 6.45) is 1.55. The fourth-order valence-corrected chi connectivity index (χ4v) is 3.64. The minimum Gasteiger partial charge on any atom is -0.395 e. The number of aliphatic hydroxyl groups excluding tert-OH is 1. The number of hydrogen-bond donors (Lipinski definition) is 1. The number of halogens is 1. The Morgan fingerprint density at radius 1 is 1.40 bits per heavy atom. The minimum atomic E-state index is -2.96. The second-order valence-electron chi connectivity index (χ2n) is 4.26. The van der Waals surface area contributed by atoms with Gasteiger partial charge in [-0.2, -0.15) is 11.8 Å². The van der Waals surface area contributed by atoms with Gasteiger partial charge in [0.1, 0.15) is 15.7 Å². The zero-order valence-corrected chi connectivity index (χ0v) is 12.9. The van der Waals surface area contributed by atoms with Gasteiger partial charge >= 0.3 is 0 Å². The van der Waals surface area contributed by atoms with Crippen molar-refractivity contribution in [3.8, 4) is 11.8 Å². The first kappa shape index (κ1) is 17.0. The van der Waals surface area contributed by atoms with Gasteiger partial charge in [0.05, 0.1) is 12.4 Å². The Hall–Kier alpha value is -1.03. The number of rotatable bonds is 6. The van der Waals surface area contributed by atoms with E-state index in [0.29, 0.717) is 29.1 Å². The van der Waals surface area contributed by atoms with Crippen LogP contribution in [0.1, 0.15) is 17.5 Å². The summed E-state index contributed by atoms with van der Waals surface area (Å²) < 4.78 is 35.7. The van der Waals surface area contributed by atoms with E-state index in [1.807, 2.05) is 0 Å². The molecule has 0 unspecified atom stereocenters. The summed E-state index contributed by atoms with van der Waals surface area (Å²) in [6, 6.07) is 4.74. The first-order chi connectivity index (χ1) is 9.42. The summed E-state index contributed by atoms with van der Waals surface area (Å²) in [5.41, 5.74) is 1.11. The lowest BCUT2D eigenvalue weighted by atomic mass is 10.1. The summed E-state index contributed by atoms with van der Waals surface area (Å²) in [6.45, 7) is -0.00938. The summed E-state index contributed by atoms with van der Waals surface area (Å²) in [4.78, 5) is 0. The second kappa shape index (κ2) is 8.30. The number of benzene rings is 1. The molecular weight excluding hydrogens is 299 g/mol. The van der Waals surface area contributed by atoms with Gasteiger partial charge in [-0.25, -0.2) is 12.8 Å². The lowest BCUT2D eigenvalue weighted by Crippen LogP contribution is -2.05. The van der Waals surface area contributed by atoms with Crippen molar-refractivity contribution < 1.29 is 17.9 Å². The maximum Gasteiger partial charge on any atom is 0.148 e. The largest absolute Gasteiger partial charge is 0.395 e. The highest BCUT2D eigenvalue weighted by Crippen LogP contribution is 2.17. The van der Waals surface area contributed by atoms with Crippen LogP contribution in [0.25, 0.3) is 0 Å². The molecule has 1 aromatic rings. The third-order valence-corrected chi connectivity index (χ3v) is 4.59. The Morgan fingerprint density at radius 3 is 2.75 bits per heavy atom. The van der Waals surface area contributed by atoms with E-state index >= 15 is 0 Å². The highest BCUT2D eigenvalue weighted by molar-refractivity contribution is 7.99. The maximum absolute atomic E-state index is 13.8. The van der Waals surface area contributed by atoms with Gasteiger partial charge in [0.2, 0.25) is 0 Å². The van der Waals surface area contributed by atoms with Gasteiger partial charge in [-0.05, 0) is 17.7 Å². The fraction of sp³-hybridized carbons (Fsp3) is 0.429. The van der Waals surface area contributed by atoms with Gasteiger partial charge in [0, 0.05) is 29.7 Å². The lowest BCUT2D eigenvalue weighted by Gasteiger charge is -2.03. The third kappa shape index (κ3) is 6.94. The average molecular weight is 316 g/mol. The van der Waals surface area contributed by atoms with Crippen LogP contribution >= 0.6 is 11.8 Å². The van der Waals surface area contributed by atoms with Crippen LogP contribution in [-0.4, -0.2) is 37.9 Å². The molecule has 1 aromatic carbocycles. The van der Waals surface area contributed by atoms with Gasteiger partial charge in [0.15, 0.2) is 0 Å². The normalized spacial score (nSPS) is 10.9. The first-order valence-corrected chi connectivity index (χ1v) is 9.27. The van der Waals surface area contributed by atoms with Crippen molar-refractivity contribution in [2.45, 2.75) is 12.2 Å². The van der Waals surface area contributed by atoms with Crippen LogP contribution in [0.15, 0.2) is 18.2 Å². The topological polar surface area (TPSA) is 54.4 Å². The van der Waals surface area contributed by atoms with Crippen LogP contribution < -0.4 is 0 Å². The van der Waals surface area contributed by atoms with E-state index in [1.165, 1.54) is 24.1 Å². The van der Waals surface area contributed by atoms with Gasteiger partial charge in [-0.3, -0.25) is 0 Å². The van der Waals surface area contributed by atoms with Crippen LogP contribution in [0, 0.1) is 17.7 Å². The summed E-state index contributed by atoms with van der Waals surface area (Å²) in [7, 11) is -2.96. The van der Waals surface area contributed by atoms with E-state index in [9.17, 15) is 12.8 Å². The first-order valence-electron chi connectivity index (χ1n) is 6.06. The standard InChI is InChI=1S/C14H17FO3S2/c1-20(17,18)9-8-19-11-13-6-5-12(10-14(13)15)4-2-3-7-16/h5-6,10,16H,3,7-9,11H2,1H3. The SMILES string of the molecule is CS(=O)(=O)CCSCc1ccc(C#CCCO)cc1F. The molecule has 0 spiro atoms. The molecule has 0 bridgehead atoms. The molecule has 0 fully saturated rings. The molecule has 6 heteroatoms. The van der Waals surface area contributed by atoms with Crippen LogP contribution in [-0.2, 0) is 15.6 Å². The summed E-state index contributed by atoms with van der Waals surface area (Å²) in [5.74, 6) is 6.15. The van der Waals surface area contributed by atoms with Gasteiger partial charge in [-0.15, -0.1) is 0 Å². The molecule has 20 heavy (non-hydrogen) atoms. The number of thioether (sulfide) groups is 1. The zero-order chi connectivity index (χ0) is 15.0. The molecule has 0 amide bonds. The van der Waals surface area contributed by atoms with E-state index in [-0.39, 0.29) is 18.2 Å². The maximum atomic E-state index is 13.8. The number of hydrogen-bond acceptors (Lipinski definition) is 4. The molecule has 0 saturated heterocycles. The third-order valence-electron chi connectivity index (χ3n) is 2.38. The monoisotopic (exact) mass is 316 g/mol. The zero-order valence-electron chi connectivity index (χ0n) is 11.2. The molecule has 0 saturated carbocycles. The predicted octanol–water partition coefficient (Wildman–Crippen LogP) is 1.84. The molecule has 110 valence electrons. The predicted molar refractivity (Wildman–Crippen MR) is 80.9 cm³/mol. The summed E-state index contributed by atoms with van der Waals surface area (Å²) in [5, 5.41) is 8.60. The molecule has 3 nitrogen and oxygen atoms in total. The van der Waals surface area contributed by atoms with Gasteiger partial charge in [-0.1, -0.05) is 17.9 Å². The number of aliphatic hydroxyl groups is 1. The van der Waals surface area contributed by atoms with Crippen LogP contribution in [0.4, 0.5) is 4.39 Å². The van der Waals surface area contributed by atoms with Crippen LogP contribution in [0.5, 0.6) is 0 Å². The average Bonchev–Trinajstić information content (AvgIpc) is 2.36. The Kier molecular flexibility index (Phi) is 7.06. The molecule has 0 aliphatic heterocycles. The molecule has 0 aliphatic rings. The van der Waals surface area contributed by atoms with Crippen LogP contribution in [0.3, 0.4) is 0 Å². The molecule has 0 atom stereocenters. The molecule has 0 aromatic heterocycles. The molecule has 1 N–H and O–H groups in total. The van der Waals surface area contributed by atoms with Crippen molar-refractivity contribution in [3.63, 3.8) is 0 Å². The van der Waals surface area contributed by atoms with Crippen molar-refractivity contribution in [1.29, 1.82) is 0 Å². The highest BCUT2D eigenvalue weighted by atomic mass is 32.2. The molecule has 1 rings (SSSR count). The van der Waals surface area contributed by atoms with Crippen molar-refractivity contribution >= 4 is 21.6 Å². The second-order valence-corrected chi connectivity index (χ2v) is 7.63. The van der Waals surface area contributed by atoms with Gasteiger partial charge < -0.3 is 5.11 Å². The summed E-state index contributed by atoms with van der Waals surface area (Å²) >= 11 is 1.39. The Labute approximate surface area is 123 Å². The van der Waals surface area contributed by atoms with E-state index in [2.05, 4.69) is 11.8 Å². The van der Waals surface area contributed by atoms with Crippen molar-refractivity contribution in [1.82, 2.24) is 0 Å². The molecule has 0 aliphatic carbocycles. The van der Waals surface area contributed by atoms with Crippen molar-refractivity contribution in [3.05, 3.63) is 35.1 Å². The quantitative estimate of drug-likeness (QED) is 0.643. The minimum absolute atomic E-state index is 0.00938. The Morgan fingerprint density at radius 2 is 2.15 bits per heavy atom. The van der Waals surface area contributed by atoms with E-state index in [4.69, 9.17) is 5.11 Å². The smallest absolute Gasteiger partial charge is 0.148 e. The Balaban J connectivity index is 2.54. The van der Waals surface area contributed by atoms with E-state index in [1.54, 1.807) is 12.1 Å². The highest BCUT2D eigenvalue weighted by Gasteiger charge is 2.05. The van der Waals surface area contributed by atoms with E-state index < -0.39 is 9.84 Å². The Bertz CT molecular complexity index is 601. The fourth-order valence-electron chi connectivity index (χ4n) is 1.36.